The van der Waals surface area contributed by atoms with Gasteiger partial charge in [0.2, 0.25) is 0 Å². The van der Waals surface area contributed by atoms with Crippen molar-refractivity contribution in [3.63, 3.8) is 0 Å². The van der Waals surface area contributed by atoms with Crippen LogP contribution in [0.5, 0.6) is 5.75 Å². The number of nitrogens with zero attached hydrogens (tertiary/aromatic N) is 1. The number of carbonyl (C=O) groups is 2. The van der Waals surface area contributed by atoms with Crippen LogP contribution in [0, 0.1) is 0 Å². The molecule has 0 unspecified atom stereocenters. The van der Waals surface area contributed by atoms with Crippen molar-refractivity contribution >= 4 is 56.0 Å². The molecule has 0 spiro atoms. The van der Waals surface area contributed by atoms with E-state index in [2.05, 4.69) is 42.4 Å². The first kappa shape index (κ1) is 20.8. The van der Waals surface area contributed by atoms with Crippen LogP contribution in [0.25, 0.3) is 6.08 Å². The Balaban J connectivity index is 1.68. The number of amides is 1. The number of rotatable bonds is 6. The Morgan fingerprint density at radius 3 is 2.62 bits per heavy atom. The van der Waals surface area contributed by atoms with Gasteiger partial charge < -0.3 is 9.15 Å². The molecule has 0 saturated carbocycles. The second-order valence-electron chi connectivity index (χ2n) is 5.66. The molecule has 6 nitrogen and oxygen atoms in total. The maximum atomic E-state index is 12.2. The first-order valence-corrected chi connectivity index (χ1v) is 9.92. The zero-order valence-electron chi connectivity index (χ0n) is 14.8. The summed E-state index contributed by atoms with van der Waals surface area (Å²) in [5.41, 5.74) is 3.41. The quantitative estimate of drug-likeness (QED) is 0.160. The zero-order valence-corrected chi connectivity index (χ0v) is 18.0. The van der Waals surface area contributed by atoms with Crippen molar-refractivity contribution in [1.29, 1.82) is 0 Å². The van der Waals surface area contributed by atoms with Crippen molar-refractivity contribution in [3.05, 3.63) is 92.8 Å². The number of hydrogen-bond donors (Lipinski definition) is 1. The number of carbonyl (C=O) groups excluding carboxylic acids is 2. The molecule has 2 aromatic carbocycles. The van der Waals surface area contributed by atoms with Gasteiger partial charge in [0, 0.05) is 26.1 Å². The van der Waals surface area contributed by atoms with Gasteiger partial charge in [-0.3, -0.25) is 4.79 Å². The fraction of sp³-hybridized carbons (Fsp3) is 0. The second-order valence-corrected chi connectivity index (χ2v) is 7.49. The van der Waals surface area contributed by atoms with Gasteiger partial charge in [0.1, 0.15) is 11.5 Å². The number of halogens is 2. The van der Waals surface area contributed by atoms with Crippen molar-refractivity contribution in [1.82, 2.24) is 5.43 Å². The van der Waals surface area contributed by atoms with Crippen LogP contribution < -0.4 is 10.2 Å². The van der Waals surface area contributed by atoms with Crippen LogP contribution in [0.4, 0.5) is 0 Å². The summed E-state index contributed by atoms with van der Waals surface area (Å²) >= 11 is 6.68. The molecule has 3 rings (SSSR count). The van der Waals surface area contributed by atoms with Gasteiger partial charge in [-0.25, -0.2) is 10.2 Å². The first-order chi connectivity index (χ1) is 14.0. The van der Waals surface area contributed by atoms with Crippen molar-refractivity contribution < 1.29 is 18.7 Å². The molecule has 0 aliphatic carbocycles. The third kappa shape index (κ3) is 6.27. The van der Waals surface area contributed by atoms with Crippen LogP contribution in [0.1, 0.15) is 21.7 Å². The Morgan fingerprint density at radius 1 is 1.03 bits per heavy atom. The van der Waals surface area contributed by atoms with Crippen LogP contribution in [0.2, 0.25) is 0 Å². The lowest BCUT2D eigenvalue weighted by Crippen LogP contribution is -2.17. The second kappa shape index (κ2) is 9.99. The highest BCUT2D eigenvalue weighted by molar-refractivity contribution is 9.10. The number of nitrogens with one attached hydrogen (secondary N) is 1. The molecule has 8 heteroatoms. The summed E-state index contributed by atoms with van der Waals surface area (Å²) < 4.78 is 12.0. The van der Waals surface area contributed by atoms with E-state index in [4.69, 9.17) is 9.15 Å². The molecular weight excluding hydrogens is 504 g/mol. The number of ether oxygens (including phenoxy) is 1. The summed E-state index contributed by atoms with van der Waals surface area (Å²) in [6, 6.07) is 15.4. The van der Waals surface area contributed by atoms with Gasteiger partial charge in [-0.1, -0.05) is 37.9 Å². The van der Waals surface area contributed by atoms with Gasteiger partial charge >= 0.3 is 5.97 Å². The number of esters is 1. The largest absolute Gasteiger partial charge is 0.465 e. The number of benzene rings is 2. The predicted octanol–water partition coefficient (Wildman–Crippen LogP) is 5.19. The van der Waals surface area contributed by atoms with Gasteiger partial charge in [0.05, 0.1) is 12.5 Å². The molecular formula is C21H14Br2N2O4. The average molecular weight is 518 g/mol. The van der Waals surface area contributed by atoms with Crippen LogP contribution >= 0.6 is 31.9 Å². The Labute approximate surface area is 183 Å². The van der Waals surface area contributed by atoms with E-state index in [0.717, 1.165) is 8.95 Å². The van der Waals surface area contributed by atoms with E-state index in [1.165, 1.54) is 24.6 Å². The standard InChI is InChI=1S/C21H14Br2N2O4/c22-16-4-1-3-14(11-16)21(27)25-24-13-15-12-17(23)6-8-19(15)29-20(26)9-7-18-5-2-10-28-18/h1-13H,(H,25,27)/b9-7+,24-13+. The molecule has 0 atom stereocenters. The molecule has 29 heavy (non-hydrogen) atoms. The lowest BCUT2D eigenvalue weighted by Gasteiger charge is -2.06. The van der Waals surface area contributed by atoms with Crippen molar-refractivity contribution in [2.45, 2.75) is 0 Å². The van der Waals surface area contributed by atoms with Crippen LogP contribution in [0.15, 0.2) is 85.4 Å². The molecule has 0 radical (unpaired) electrons. The molecule has 1 aromatic heterocycles. The normalized spacial score (nSPS) is 11.1. The van der Waals surface area contributed by atoms with Crippen LogP contribution in [-0.4, -0.2) is 18.1 Å². The molecule has 3 aromatic rings. The molecule has 0 bridgehead atoms. The highest BCUT2D eigenvalue weighted by Crippen LogP contribution is 2.22. The number of furan rings is 1. The average Bonchev–Trinajstić information content (AvgIpc) is 3.22. The molecule has 1 N–H and O–H groups in total. The summed E-state index contributed by atoms with van der Waals surface area (Å²) in [5.74, 6) is -0.105. The van der Waals surface area contributed by atoms with Crippen molar-refractivity contribution in [2.24, 2.45) is 5.10 Å². The zero-order chi connectivity index (χ0) is 20.6. The Morgan fingerprint density at radius 2 is 1.86 bits per heavy atom. The number of hydrogen-bond acceptors (Lipinski definition) is 5. The van der Waals surface area contributed by atoms with E-state index in [-0.39, 0.29) is 5.91 Å². The van der Waals surface area contributed by atoms with Gasteiger partial charge in [-0.05, 0) is 54.6 Å². The summed E-state index contributed by atoms with van der Waals surface area (Å²) in [4.78, 5) is 24.2. The summed E-state index contributed by atoms with van der Waals surface area (Å²) in [5, 5.41) is 3.96. The maximum absolute atomic E-state index is 12.2. The first-order valence-electron chi connectivity index (χ1n) is 8.33. The molecule has 1 heterocycles. The van der Waals surface area contributed by atoms with Crippen molar-refractivity contribution in [2.75, 3.05) is 0 Å². The summed E-state index contributed by atoms with van der Waals surface area (Å²) in [6.45, 7) is 0. The fourth-order valence-corrected chi connectivity index (χ4v) is 3.02. The van der Waals surface area contributed by atoms with E-state index in [9.17, 15) is 9.59 Å². The predicted molar refractivity (Wildman–Crippen MR) is 117 cm³/mol. The minimum atomic E-state index is -0.573. The molecule has 0 fully saturated rings. The molecule has 0 aliphatic heterocycles. The highest BCUT2D eigenvalue weighted by atomic mass is 79.9. The van der Waals surface area contributed by atoms with E-state index >= 15 is 0 Å². The van der Waals surface area contributed by atoms with Gasteiger partial charge in [-0.2, -0.15) is 5.10 Å². The maximum Gasteiger partial charge on any atom is 0.336 e. The monoisotopic (exact) mass is 516 g/mol. The lowest BCUT2D eigenvalue weighted by atomic mass is 10.2. The van der Waals surface area contributed by atoms with E-state index in [1.54, 1.807) is 48.5 Å². The number of hydrazone groups is 1. The van der Waals surface area contributed by atoms with Gasteiger partial charge in [0.25, 0.3) is 5.91 Å². The highest BCUT2D eigenvalue weighted by Gasteiger charge is 2.08. The third-order valence-electron chi connectivity index (χ3n) is 3.57. The lowest BCUT2D eigenvalue weighted by molar-refractivity contribution is -0.128. The molecule has 0 saturated heterocycles. The Bertz CT molecular complexity index is 1080. The summed E-state index contributed by atoms with van der Waals surface area (Å²) in [7, 11) is 0. The van der Waals surface area contributed by atoms with Crippen LogP contribution in [0.3, 0.4) is 0 Å². The molecule has 1 amide bonds. The topological polar surface area (TPSA) is 80.9 Å². The molecule has 0 aliphatic rings. The van der Waals surface area contributed by atoms with E-state index in [0.29, 0.717) is 22.6 Å². The van der Waals surface area contributed by atoms with Crippen molar-refractivity contribution in [3.8, 4) is 5.75 Å². The minimum absolute atomic E-state index is 0.294. The Kier molecular flexibility index (Phi) is 7.15. The third-order valence-corrected chi connectivity index (χ3v) is 4.55. The smallest absolute Gasteiger partial charge is 0.336 e. The van der Waals surface area contributed by atoms with E-state index < -0.39 is 5.97 Å². The molecule has 146 valence electrons. The van der Waals surface area contributed by atoms with Gasteiger partial charge in [0.15, 0.2) is 0 Å². The van der Waals surface area contributed by atoms with Crippen LogP contribution in [-0.2, 0) is 4.79 Å². The SMILES string of the molecule is O=C(/C=C/c1ccco1)Oc1ccc(Br)cc1/C=N/NC(=O)c1cccc(Br)c1. The fourth-order valence-electron chi connectivity index (χ4n) is 2.25. The Hall–Kier alpha value is -2.97. The van der Waals surface area contributed by atoms with E-state index in [1.807, 2.05) is 6.07 Å². The summed E-state index contributed by atoms with van der Waals surface area (Å²) in [6.07, 6.45) is 5.68. The minimum Gasteiger partial charge on any atom is -0.465 e. The van der Waals surface area contributed by atoms with Gasteiger partial charge in [-0.15, -0.1) is 0 Å².